The number of nitrogens with zero attached hydrogens (tertiary/aromatic N) is 3. The molecule has 1 aliphatic rings. The van der Waals surface area contributed by atoms with Crippen LogP contribution in [0.2, 0.25) is 0 Å². The van der Waals surface area contributed by atoms with E-state index in [-0.39, 0.29) is 5.91 Å². The van der Waals surface area contributed by atoms with E-state index in [1.165, 1.54) is 17.5 Å². The molecule has 8 nitrogen and oxygen atoms in total. The van der Waals surface area contributed by atoms with Gasteiger partial charge in [-0.3, -0.25) is 15.2 Å². The zero-order chi connectivity index (χ0) is 17.2. The number of amides is 1. The minimum absolute atomic E-state index is 0.294. The van der Waals surface area contributed by atoms with E-state index in [1.54, 1.807) is 0 Å². The van der Waals surface area contributed by atoms with Crippen LogP contribution < -0.4 is 14.8 Å². The molecule has 0 saturated heterocycles. The molecule has 25 heavy (non-hydrogen) atoms. The van der Waals surface area contributed by atoms with Gasteiger partial charge in [0.25, 0.3) is 5.91 Å². The standard InChI is InChI=1S/C16H15N5O3S/c1-2-13-19-21-16(25-13)18-15(22)10-8-17-20-14(10)9-3-4-11-12(7-9)24-6-5-23-11/h3-4,7-8H,2,5-6H2,1H3,(H,17,20)(H,18,21,22). The molecule has 2 aromatic heterocycles. The number of H-pyrrole nitrogens is 1. The fraction of sp³-hybridized carbons (Fsp3) is 0.250. The van der Waals surface area contributed by atoms with Crippen molar-refractivity contribution in [3.05, 3.63) is 35.0 Å². The van der Waals surface area contributed by atoms with Crippen LogP contribution in [0.4, 0.5) is 5.13 Å². The van der Waals surface area contributed by atoms with Crippen LogP contribution in [0, 0.1) is 0 Å². The van der Waals surface area contributed by atoms with E-state index in [1.807, 2.05) is 25.1 Å². The Morgan fingerprint density at radius 2 is 2.12 bits per heavy atom. The molecular formula is C16H15N5O3S. The number of hydrogen-bond acceptors (Lipinski definition) is 7. The maximum absolute atomic E-state index is 12.6. The lowest BCUT2D eigenvalue weighted by Gasteiger charge is -2.18. The van der Waals surface area contributed by atoms with E-state index in [2.05, 4.69) is 25.7 Å². The Morgan fingerprint density at radius 1 is 1.28 bits per heavy atom. The highest BCUT2D eigenvalue weighted by Gasteiger charge is 2.19. The Hall–Kier alpha value is -2.94. The van der Waals surface area contributed by atoms with Crippen molar-refractivity contribution in [2.45, 2.75) is 13.3 Å². The zero-order valence-corrected chi connectivity index (χ0v) is 14.2. The van der Waals surface area contributed by atoms with Gasteiger partial charge in [0.2, 0.25) is 5.13 Å². The smallest absolute Gasteiger partial charge is 0.261 e. The lowest BCUT2D eigenvalue weighted by molar-refractivity contribution is 0.102. The first kappa shape index (κ1) is 15.6. The van der Waals surface area contributed by atoms with Crippen LogP contribution in [0.3, 0.4) is 0 Å². The van der Waals surface area contributed by atoms with E-state index >= 15 is 0 Å². The average molecular weight is 357 g/mol. The molecule has 0 bridgehead atoms. The van der Waals surface area contributed by atoms with Crippen LogP contribution in [0.25, 0.3) is 11.3 Å². The number of anilines is 1. The van der Waals surface area contributed by atoms with Crippen LogP contribution in [-0.2, 0) is 6.42 Å². The van der Waals surface area contributed by atoms with E-state index in [4.69, 9.17) is 9.47 Å². The second-order valence-corrected chi connectivity index (χ2v) is 6.39. The van der Waals surface area contributed by atoms with Gasteiger partial charge >= 0.3 is 0 Å². The Kier molecular flexibility index (Phi) is 4.06. The summed E-state index contributed by atoms with van der Waals surface area (Å²) in [6.45, 7) is 3.03. The molecule has 1 aromatic carbocycles. The second kappa shape index (κ2) is 6.52. The summed E-state index contributed by atoms with van der Waals surface area (Å²) in [4.78, 5) is 12.6. The third-order valence-electron chi connectivity index (χ3n) is 3.70. The molecule has 0 radical (unpaired) electrons. The van der Waals surface area contributed by atoms with Crippen molar-refractivity contribution in [1.82, 2.24) is 20.4 Å². The van der Waals surface area contributed by atoms with Crippen LogP contribution in [0.1, 0.15) is 22.3 Å². The van der Waals surface area contributed by atoms with E-state index in [9.17, 15) is 4.79 Å². The summed E-state index contributed by atoms with van der Waals surface area (Å²) in [6, 6.07) is 5.52. The molecule has 0 atom stereocenters. The van der Waals surface area contributed by atoms with Crippen molar-refractivity contribution in [2.24, 2.45) is 0 Å². The molecule has 0 aliphatic carbocycles. The number of aryl methyl sites for hydroxylation is 1. The Balaban J connectivity index is 1.60. The molecule has 4 rings (SSSR count). The Morgan fingerprint density at radius 3 is 2.92 bits per heavy atom. The molecule has 0 saturated carbocycles. The van der Waals surface area contributed by atoms with Crippen LogP contribution in [0.15, 0.2) is 24.4 Å². The number of benzene rings is 1. The maximum Gasteiger partial charge on any atom is 0.261 e. The molecule has 1 amide bonds. The quantitative estimate of drug-likeness (QED) is 0.744. The van der Waals surface area contributed by atoms with Gasteiger partial charge in [-0.05, 0) is 24.6 Å². The minimum atomic E-state index is -0.294. The van der Waals surface area contributed by atoms with Crippen molar-refractivity contribution in [3.63, 3.8) is 0 Å². The lowest BCUT2D eigenvalue weighted by Crippen LogP contribution is -2.15. The summed E-state index contributed by atoms with van der Waals surface area (Å²) in [5, 5.41) is 18.9. The lowest BCUT2D eigenvalue weighted by atomic mass is 10.1. The van der Waals surface area contributed by atoms with Gasteiger partial charge < -0.3 is 9.47 Å². The highest BCUT2D eigenvalue weighted by molar-refractivity contribution is 7.15. The summed E-state index contributed by atoms with van der Waals surface area (Å²) in [7, 11) is 0. The van der Waals surface area contributed by atoms with Crippen molar-refractivity contribution < 1.29 is 14.3 Å². The van der Waals surface area contributed by atoms with Gasteiger partial charge in [-0.1, -0.05) is 18.3 Å². The number of carbonyl (C=O) groups excluding carboxylic acids is 1. The molecule has 0 unspecified atom stereocenters. The molecule has 2 N–H and O–H groups in total. The van der Waals surface area contributed by atoms with Crippen LogP contribution >= 0.6 is 11.3 Å². The maximum atomic E-state index is 12.6. The third kappa shape index (κ3) is 3.05. The SMILES string of the molecule is CCc1nnc(NC(=O)c2cn[nH]c2-c2ccc3c(c2)OCCO3)s1. The number of hydrogen-bond donors (Lipinski definition) is 2. The third-order valence-corrected chi connectivity index (χ3v) is 4.69. The largest absolute Gasteiger partial charge is 0.486 e. The topological polar surface area (TPSA) is 102 Å². The predicted molar refractivity (Wildman–Crippen MR) is 92.3 cm³/mol. The van der Waals surface area contributed by atoms with Crippen LogP contribution in [0.5, 0.6) is 11.5 Å². The fourth-order valence-electron chi connectivity index (χ4n) is 2.49. The zero-order valence-electron chi connectivity index (χ0n) is 13.4. The molecular weight excluding hydrogens is 342 g/mol. The Labute approximate surface area is 147 Å². The summed E-state index contributed by atoms with van der Waals surface area (Å²) in [5.41, 5.74) is 1.82. The van der Waals surface area contributed by atoms with Crippen molar-refractivity contribution >= 4 is 22.4 Å². The predicted octanol–water partition coefficient (Wildman–Crippen LogP) is 2.51. The van der Waals surface area contributed by atoms with Gasteiger partial charge in [0.15, 0.2) is 11.5 Å². The van der Waals surface area contributed by atoms with Crippen molar-refractivity contribution in [1.29, 1.82) is 0 Å². The molecule has 1 aliphatic heterocycles. The Bertz CT molecular complexity index is 920. The first-order chi connectivity index (χ1) is 12.2. The molecule has 0 spiro atoms. The highest BCUT2D eigenvalue weighted by atomic mass is 32.1. The van der Waals surface area contributed by atoms with Gasteiger partial charge in [0.1, 0.15) is 18.2 Å². The number of rotatable bonds is 4. The van der Waals surface area contributed by atoms with Gasteiger partial charge in [-0.15, -0.1) is 10.2 Å². The van der Waals surface area contributed by atoms with Crippen molar-refractivity contribution in [3.8, 4) is 22.8 Å². The number of aromatic nitrogens is 4. The first-order valence-electron chi connectivity index (χ1n) is 7.81. The summed E-state index contributed by atoms with van der Waals surface area (Å²) < 4.78 is 11.1. The molecule has 3 aromatic rings. The highest BCUT2D eigenvalue weighted by Crippen LogP contribution is 2.35. The summed E-state index contributed by atoms with van der Waals surface area (Å²) in [5.74, 6) is 1.06. The van der Waals surface area contributed by atoms with E-state index in [0.717, 1.165) is 17.0 Å². The van der Waals surface area contributed by atoms with Gasteiger partial charge in [0, 0.05) is 5.56 Å². The minimum Gasteiger partial charge on any atom is -0.486 e. The molecule has 128 valence electrons. The van der Waals surface area contributed by atoms with E-state index < -0.39 is 0 Å². The summed E-state index contributed by atoms with van der Waals surface area (Å²) in [6.07, 6.45) is 2.27. The first-order valence-corrected chi connectivity index (χ1v) is 8.63. The van der Waals surface area contributed by atoms with Gasteiger partial charge in [-0.25, -0.2) is 0 Å². The molecule has 0 fully saturated rings. The van der Waals surface area contributed by atoms with E-state index in [0.29, 0.717) is 41.1 Å². The van der Waals surface area contributed by atoms with Gasteiger partial charge in [0.05, 0.1) is 17.5 Å². The van der Waals surface area contributed by atoms with Crippen LogP contribution in [-0.4, -0.2) is 39.5 Å². The monoisotopic (exact) mass is 357 g/mol. The van der Waals surface area contributed by atoms with Crippen molar-refractivity contribution in [2.75, 3.05) is 18.5 Å². The summed E-state index contributed by atoms with van der Waals surface area (Å²) >= 11 is 1.36. The van der Waals surface area contributed by atoms with Gasteiger partial charge in [-0.2, -0.15) is 5.10 Å². The number of ether oxygens (including phenoxy) is 2. The molecule has 9 heteroatoms. The average Bonchev–Trinajstić information content (AvgIpc) is 3.30. The molecule has 3 heterocycles. The normalized spacial score (nSPS) is 12.8. The number of carbonyl (C=O) groups is 1. The number of aromatic amines is 1. The fourth-order valence-corrected chi connectivity index (χ4v) is 3.16. The second-order valence-electron chi connectivity index (χ2n) is 5.33. The number of nitrogens with one attached hydrogen (secondary N) is 2. The number of fused-ring (bicyclic) bond motifs is 1.